The summed E-state index contributed by atoms with van der Waals surface area (Å²) in [6.45, 7) is 3.85. The Morgan fingerprint density at radius 3 is 3.00 bits per heavy atom. The molecule has 1 aliphatic carbocycles. The van der Waals surface area contributed by atoms with Crippen LogP contribution >= 0.6 is 0 Å². The molecule has 2 unspecified atom stereocenters. The fourth-order valence-electron chi connectivity index (χ4n) is 3.62. The van der Waals surface area contributed by atoms with Crippen molar-refractivity contribution in [3.05, 3.63) is 5.82 Å². The lowest BCUT2D eigenvalue weighted by molar-refractivity contribution is 0.147. The fourth-order valence-corrected chi connectivity index (χ4v) is 3.62. The third-order valence-electron chi connectivity index (χ3n) is 5.00. The van der Waals surface area contributed by atoms with E-state index >= 15 is 0 Å². The Labute approximate surface area is 125 Å². The van der Waals surface area contributed by atoms with E-state index in [1.165, 1.54) is 38.6 Å². The van der Waals surface area contributed by atoms with Gasteiger partial charge in [-0.05, 0) is 38.6 Å². The summed E-state index contributed by atoms with van der Waals surface area (Å²) in [5, 5.41) is 10.8. The van der Waals surface area contributed by atoms with Crippen LogP contribution in [0.5, 0.6) is 0 Å². The van der Waals surface area contributed by atoms with E-state index in [-0.39, 0.29) is 0 Å². The molecule has 0 aromatic carbocycles. The Balaban J connectivity index is 1.33. The minimum Gasteiger partial charge on any atom is -0.381 e. The zero-order chi connectivity index (χ0) is 14.1. The lowest BCUT2D eigenvalue weighted by atomic mass is 10.0. The number of piperidine rings is 1. The Morgan fingerprint density at radius 1 is 1.24 bits per heavy atom. The number of nitrogens with one attached hydrogen (secondary N) is 2. The number of H-pyrrole nitrogens is 1. The SMILES string of the molecule is C1CCN(C2CC2)C(CNc2n[nH]c(C3CCOC3)n2)C1. The number of ether oxygens (including phenoxy) is 1. The first-order valence-electron chi connectivity index (χ1n) is 8.40. The standard InChI is InChI=1S/C15H25N5O/c1-2-7-20(12-4-5-12)13(3-1)9-16-15-17-14(18-19-15)11-6-8-21-10-11/h11-13H,1-10H2,(H2,16,17,18,19). The number of aromatic nitrogens is 3. The first-order chi connectivity index (χ1) is 10.4. The van der Waals surface area contributed by atoms with E-state index < -0.39 is 0 Å². The van der Waals surface area contributed by atoms with E-state index in [1.54, 1.807) is 0 Å². The molecular weight excluding hydrogens is 266 g/mol. The van der Waals surface area contributed by atoms with Gasteiger partial charge in [-0.2, -0.15) is 4.98 Å². The minimum atomic E-state index is 0.394. The average molecular weight is 291 g/mol. The van der Waals surface area contributed by atoms with Crippen molar-refractivity contribution in [1.82, 2.24) is 20.1 Å². The van der Waals surface area contributed by atoms with Crippen molar-refractivity contribution in [1.29, 1.82) is 0 Å². The molecule has 1 aromatic rings. The second-order valence-electron chi connectivity index (χ2n) is 6.60. The third-order valence-corrected chi connectivity index (χ3v) is 5.00. The summed E-state index contributed by atoms with van der Waals surface area (Å²) in [4.78, 5) is 7.29. The number of aromatic amines is 1. The normalized spacial score (nSPS) is 30.7. The number of nitrogens with zero attached hydrogens (tertiary/aromatic N) is 3. The smallest absolute Gasteiger partial charge is 0.242 e. The van der Waals surface area contributed by atoms with Gasteiger partial charge >= 0.3 is 0 Å². The van der Waals surface area contributed by atoms with Gasteiger partial charge in [-0.1, -0.05) is 6.42 Å². The molecule has 21 heavy (non-hydrogen) atoms. The third kappa shape index (κ3) is 3.06. The monoisotopic (exact) mass is 291 g/mol. The van der Waals surface area contributed by atoms with Gasteiger partial charge < -0.3 is 10.1 Å². The van der Waals surface area contributed by atoms with Crippen molar-refractivity contribution >= 4 is 5.95 Å². The minimum absolute atomic E-state index is 0.394. The molecule has 6 nitrogen and oxygen atoms in total. The van der Waals surface area contributed by atoms with Crippen molar-refractivity contribution in [2.45, 2.75) is 56.5 Å². The maximum Gasteiger partial charge on any atom is 0.242 e. The van der Waals surface area contributed by atoms with Gasteiger partial charge in [-0.15, -0.1) is 5.10 Å². The number of likely N-dealkylation sites (tertiary alicyclic amines) is 1. The molecule has 0 radical (unpaired) electrons. The van der Waals surface area contributed by atoms with Crippen molar-refractivity contribution < 1.29 is 4.74 Å². The molecule has 3 heterocycles. The van der Waals surface area contributed by atoms with E-state index in [1.807, 2.05) is 0 Å². The molecule has 0 bridgehead atoms. The molecule has 0 spiro atoms. The highest BCUT2D eigenvalue weighted by molar-refractivity contribution is 5.24. The molecule has 2 aliphatic heterocycles. The van der Waals surface area contributed by atoms with Gasteiger partial charge in [-0.3, -0.25) is 10.00 Å². The highest BCUT2D eigenvalue weighted by Gasteiger charge is 2.35. The van der Waals surface area contributed by atoms with Crippen molar-refractivity contribution in [3.63, 3.8) is 0 Å². The molecule has 3 fully saturated rings. The number of hydrogen-bond donors (Lipinski definition) is 2. The van der Waals surface area contributed by atoms with Crippen LogP contribution < -0.4 is 5.32 Å². The summed E-state index contributed by atoms with van der Waals surface area (Å²) in [7, 11) is 0. The van der Waals surface area contributed by atoms with Crippen LogP contribution in [0.25, 0.3) is 0 Å². The maximum absolute atomic E-state index is 5.41. The summed E-state index contributed by atoms with van der Waals surface area (Å²) in [5.41, 5.74) is 0. The van der Waals surface area contributed by atoms with E-state index in [9.17, 15) is 0 Å². The summed E-state index contributed by atoms with van der Waals surface area (Å²) in [6.07, 6.45) is 7.85. The van der Waals surface area contributed by atoms with E-state index in [4.69, 9.17) is 4.74 Å². The van der Waals surface area contributed by atoms with Crippen molar-refractivity contribution in [3.8, 4) is 0 Å². The first kappa shape index (κ1) is 13.5. The molecule has 4 rings (SSSR count). The van der Waals surface area contributed by atoms with Crippen LogP contribution in [0, 0.1) is 0 Å². The molecule has 2 atom stereocenters. The summed E-state index contributed by atoms with van der Waals surface area (Å²) in [6, 6.07) is 1.51. The zero-order valence-electron chi connectivity index (χ0n) is 12.6. The highest BCUT2D eigenvalue weighted by Crippen LogP contribution is 2.32. The van der Waals surface area contributed by atoms with Gasteiger partial charge in [0.1, 0.15) is 5.82 Å². The van der Waals surface area contributed by atoms with Crippen LogP contribution in [-0.4, -0.2) is 58.5 Å². The molecule has 116 valence electrons. The first-order valence-corrected chi connectivity index (χ1v) is 8.40. The van der Waals surface area contributed by atoms with E-state index in [2.05, 4.69) is 25.4 Å². The van der Waals surface area contributed by atoms with Gasteiger partial charge in [-0.25, -0.2) is 0 Å². The second kappa shape index (κ2) is 5.93. The molecule has 2 N–H and O–H groups in total. The van der Waals surface area contributed by atoms with Crippen LogP contribution in [0.4, 0.5) is 5.95 Å². The lowest BCUT2D eigenvalue weighted by Gasteiger charge is -2.35. The van der Waals surface area contributed by atoms with Gasteiger partial charge in [0.15, 0.2) is 0 Å². The number of hydrogen-bond acceptors (Lipinski definition) is 5. The van der Waals surface area contributed by atoms with Crippen LogP contribution in [0.15, 0.2) is 0 Å². The maximum atomic E-state index is 5.41. The zero-order valence-corrected chi connectivity index (χ0v) is 12.6. The second-order valence-corrected chi connectivity index (χ2v) is 6.60. The summed E-state index contributed by atoms with van der Waals surface area (Å²) in [5.74, 6) is 2.11. The Hall–Kier alpha value is -1.14. The molecule has 6 heteroatoms. The van der Waals surface area contributed by atoms with Crippen LogP contribution in [0.2, 0.25) is 0 Å². The molecule has 1 saturated carbocycles. The Morgan fingerprint density at radius 2 is 2.19 bits per heavy atom. The van der Waals surface area contributed by atoms with Crippen LogP contribution in [0.3, 0.4) is 0 Å². The quantitative estimate of drug-likeness (QED) is 0.865. The highest BCUT2D eigenvalue weighted by atomic mass is 16.5. The number of rotatable bonds is 5. The predicted octanol–water partition coefficient (Wildman–Crippen LogP) is 1.74. The van der Waals surface area contributed by atoms with Crippen LogP contribution in [-0.2, 0) is 4.74 Å². The molecule has 1 aromatic heterocycles. The topological polar surface area (TPSA) is 66.1 Å². The average Bonchev–Trinajstić information content (AvgIpc) is 3.02. The molecule has 0 amide bonds. The van der Waals surface area contributed by atoms with E-state index in [0.29, 0.717) is 12.0 Å². The Kier molecular flexibility index (Phi) is 3.82. The lowest BCUT2D eigenvalue weighted by Crippen LogP contribution is -2.44. The Bertz CT molecular complexity index is 466. The molecule has 3 aliphatic rings. The fraction of sp³-hybridized carbons (Fsp3) is 0.867. The molecule has 2 saturated heterocycles. The largest absolute Gasteiger partial charge is 0.381 e. The van der Waals surface area contributed by atoms with Gasteiger partial charge in [0.25, 0.3) is 0 Å². The summed E-state index contributed by atoms with van der Waals surface area (Å²) >= 11 is 0. The van der Waals surface area contributed by atoms with Gasteiger partial charge in [0, 0.05) is 31.2 Å². The predicted molar refractivity (Wildman–Crippen MR) is 80.4 cm³/mol. The van der Waals surface area contributed by atoms with E-state index in [0.717, 1.165) is 44.0 Å². The van der Waals surface area contributed by atoms with Crippen molar-refractivity contribution in [2.75, 3.05) is 31.6 Å². The molecular formula is C15H25N5O. The van der Waals surface area contributed by atoms with Crippen LogP contribution in [0.1, 0.15) is 50.3 Å². The van der Waals surface area contributed by atoms with Gasteiger partial charge in [0.2, 0.25) is 5.95 Å². The van der Waals surface area contributed by atoms with Crippen molar-refractivity contribution in [2.24, 2.45) is 0 Å². The summed E-state index contributed by atoms with van der Waals surface area (Å²) < 4.78 is 5.41. The number of anilines is 1. The van der Waals surface area contributed by atoms with Gasteiger partial charge in [0.05, 0.1) is 6.61 Å².